The van der Waals surface area contributed by atoms with Crippen LogP contribution in [0.3, 0.4) is 0 Å². The highest BCUT2D eigenvalue weighted by Crippen LogP contribution is 2.59. The van der Waals surface area contributed by atoms with Crippen LogP contribution in [0.2, 0.25) is 0 Å². The summed E-state index contributed by atoms with van der Waals surface area (Å²) in [6.45, 7) is 13.7. The second kappa shape index (κ2) is 15.5. The number of carbonyl (C=O) groups excluding carboxylic acids is 4. The van der Waals surface area contributed by atoms with Crippen molar-refractivity contribution in [2.75, 3.05) is 38.8 Å². The van der Waals surface area contributed by atoms with Gasteiger partial charge in [-0.2, -0.15) is 0 Å². The second-order valence-electron chi connectivity index (χ2n) is 14.6. The second-order valence-corrected chi connectivity index (χ2v) is 14.6. The summed E-state index contributed by atoms with van der Waals surface area (Å²) in [4.78, 5) is 49.5. The predicted molar refractivity (Wildman–Crippen MR) is 179 cm³/mol. The highest BCUT2D eigenvalue weighted by molar-refractivity contribution is 5.97. The van der Waals surface area contributed by atoms with E-state index in [1.54, 1.807) is 46.9 Å². The first-order chi connectivity index (χ1) is 22.6. The molecule has 266 valence electrons. The number of methoxy groups -OCH3 is 1. The maximum Gasteiger partial charge on any atom is 0.407 e. The molecule has 3 amide bonds. The molecule has 0 aromatic heterocycles. The van der Waals surface area contributed by atoms with E-state index in [2.05, 4.69) is 42.8 Å². The summed E-state index contributed by atoms with van der Waals surface area (Å²) in [5, 5.41) is 8.19. The Morgan fingerprint density at radius 2 is 1.79 bits per heavy atom. The zero-order valence-electron chi connectivity index (χ0n) is 29.6. The molecule has 48 heavy (non-hydrogen) atoms. The molecule has 0 radical (unpaired) electrons. The fraction of sp³-hybridized carbons (Fsp3) is 0.667. The maximum atomic E-state index is 12.8. The van der Waals surface area contributed by atoms with Gasteiger partial charge >= 0.3 is 6.09 Å². The molecule has 1 aliphatic carbocycles. The Morgan fingerprint density at radius 3 is 2.40 bits per heavy atom. The fourth-order valence-corrected chi connectivity index (χ4v) is 6.37. The number of Topliss-reactive ketones (excluding diaryl/α,β-unsaturated/α-hetero) is 1. The summed E-state index contributed by atoms with van der Waals surface area (Å²) < 4.78 is 29.3. The largest absolute Gasteiger partial charge is 0.443 e. The Balaban J connectivity index is 1.18. The van der Waals surface area contributed by atoms with Gasteiger partial charge in [0.1, 0.15) is 42.7 Å². The molecule has 3 aliphatic rings. The van der Waals surface area contributed by atoms with Crippen molar-refractivity contribution in [3.05, 3.63) is 41.5 Å². The van der Waals surface area contributed by atoms with Crippen LogP contribution in [0.4, 0.5) is 10.5 Å². The number of rotatable bonds is 15. The molecular weight excluding hydrogens is 618 g/mol. The van der Waals surface area contributed by atoms with Gasteiger partial charge < -0.3 is 39.6 Å². The molecule has 1 spiro atoms. The molecule has 2 saturated heterocycles. The lowest BCUT2D eigenvalue weighted by Crippen LogP contribution is -2.56. The third-order valence-corrected chi connectivity index (χ3v) is 9.47. The molecule has 12 heteroatoms. The van der Waals surface area contributed by atoms with E-state index < -0.39 is 41.1 Å². The van der Waals surface area contributed by atoms with E-state index in [1.165, 1.54) is 5.57 Å². The zero-order valence-corrected chi connectivity index (χ0v) is 29.6. The maximum absolute atomic E-state index is 12.8. The SMILES string of the molecule is CO[C@@H]1[C@H](OC(=O)NCCc2ccc(NC(=O)[C@H](C)NC(=O)COCC(=O)C(C)(C)C)cc2)CC[C@]2(CO2)[C@H]1[C@@]1(C)O[C@@H]1CC=C(C)C. The Bertz CT molecular complexity index is 1350. The molecule has 7 atom stereocenters. The number of anilines is 1. The molecule has 4 rings (SSSR count). The molecule has 2 aliphatic heterocycles. The predicted octanol–water partition coefficient (Wildman–Crippen LogP) is 4.11. The molecule has 12 nitrogen and oxygen atoms in total. The van der Waals surface area contributed by atoms with Gasteiger partial charge in [0.15, 0.2) is 5.78 Å². The van der Waals surface area contributed by atoms with Crippen LogP contribution >= 0.6 is 0 Å². The van der Waals surface area contributed by atoms with Crippen molar-refractivity contribution in [2.24, 2.45) is 11.3 Å². The van der Waals surface area contributed by atoms with Crippen LogP contribution in [0.5, 0.6) is 0 Å². The number of nitrogens with one attached hydrogen (secondary N) is 3. The van der Waals surface area contributed by atoms with Gasteiger partial charge in [-0.1, -0.05) is 44.6 Å². The third-order valence-electron chi connectivity index (χ3n) is 9.47. The fourth-order valence-electron chi connectivity index (χ4n) is 6.37. The number of hydrogen-bond donors (Lipinski definition) is 3. The average molecular weight is 672 g/mol. The van der Waals surface area contributed by atoms with Crippen molar-refractivity contribution in [2.45, 2.75) is 110 Å². The minimum atomic E-state index is -0.808. The number of ketones is 1. The Hall–Kier alpha value is -3.32. The van der Waals surface area contributed by atoms with Gasteiger partial charge in [0.2, 0.25) is 11.8 Å². The molecule has 1 aromatic carbocycles. The van der Waals surface area contributed by atoms with E-state index in [0.29, 0.717) is 31.7 Å². The summed E-state index contributed by atoms with van der Waals surface area (Å²) in [7, 11) is 1.65. The van der Waals surface area contributed by atoms with Crippen LogP contribution in [0.1, 0.15) is 73.3 Å². The lowest BCUT2D eigenvalue weighted by molar-refractivity contribution is -0.135. The van der Waals surface area contributed by atoms with Gasteiger partial charge in [-0.05, 0) is 71.1 Å². The number of hydrogen-bond acceptors (Lipinski definition) is 9. The smallest absolute Gasteiger partial charge is 0.407 e. The van der Waals surface area contributed by atoms with Crippen molar-refractivity contribution < 1.29 is 42.9 Å². The average Bonchev–Trinajstić information content (AvgIpc) is 3.93. The van der Waals surface area contributed by atoms with Crippen molar-refractivity contribution in [3.8, 4) is 0 Å². The van der Waals surface area contributed by atoms with Gasteiger partial charge in [0.25, 0.3) is 0 Å². The first kappa shape index (κ1) is 37.5. The number of alkyl carbamates (subject to hydrolysis) is 1. The molecule has 0 bridgehead atoms. The first-order valence-electron chi connectivity index (χ1n) is 16.8. The Labute approximate surface area is 284 Å². The van der Waals surface area contributed by atoms with E-state index in [-0.39, 0.29) is 42.7 Å². The Kier molecular flexibility index (Phi) is 12.1. The third kappa shape index (κ3) is 9.64. The van der Waals surface area contributed by atoms with Crippen LogP contribution in [-0.2, 0) is 44.5 Å². The van der Waals surface area contributed by atoms with Gasteiger partial charge in [-0.15, -0.1) is 0 Å². The molecular formula is C36H53N3O9. The minimum absolute atomic E-state index is 0.0419. The topological polar surface area (TPSA) is 157 Å². The van der Waals surface area contributed by atoms with E-state index in [0.717, 1.165) is 18.4 Å². The van der Waals surface area contributed by atoms with E-state index in [1.807, 2.05) is 12.1 Å². The lowest BCUT2D eigenvalue weighted by atomic mass is 9.68. The summed E-state index contributed by atoms with van der Waals surface area (Å²) >= 11 is 0. The highest BCUT2D eigenvalue weighted by Gasteiger charge is 2.72. The molecule has 1 saturated carbocycles. The van der Waals surface area contributed by atoms with Crippen molar-refractivity contribution in [1.29, 1.82) is 0 Å². The highest BCUT2D eigenvalue weighted by atomic mass is 16.6. The van der Waals surface area contributed by atoms with Crippen LogP contribution in [0, 0.1) is 11.3 Å². The summed E-state index contributed by atoms with van der Waals surface area (Å²) in [6, 6.07) is 6.42. The monoisotopic (exact) mass is 671 g/mol. The van der Waals surface area contributed by atoms with E-state index >= 15 is 0 Å². The molecule has 3 fully saturated rings. The van der Waals surface area contributed by atoms with Gasteiger partial charge in [-0.3, -0.25) is 14.4 Å². The molecule has 0 unspecified atom stereocenters. The summed E-state index contributed by atoms with van der Waals surface area (Å²) in [5.41, 5.74) is 1.54. The minimum Gasteiger partial charge on any atom is -0.443 e. The van der Waals surface area contributed by atoms with Crippen molar-refractivity contribution in [3.63, 3.8) is 0 Å². The Morgan fingerprint density at radius 1 is 1.10 bits per heavy atom. The first-order valence-corrected chi connectivity index (χ1v) is 16.8. The van der Waals surface area contributed by atoms with Crippen molar-refractivity contribution in [1.82, 2.24) is 10.6 Å². The number of amides is 3. The van der Waals surface area contributed by atoms with Crippen molar-refractivity contribution >= 4 is 29.4 Å². The number of carbonyl (C=O) groups is 4. The number of ether oxygens (including phenoxy) is 5. The number of allylic oxidation sites excluding steroid dienone is 1. The lowest BCUT2D eigenvalue weighted by Gasteiger charge is -2.42. The van der Waals surface area contributed by atoms with Gasteiger partial charge in [0.05, 0.1) is 18.6 Å². The molecule has 2 heterocycles. The van der Waals surface area contributed by atoms with E-state index in [9.17, 15) is 19.2 Å². The van der Waals surface area contributed by atoms with E-state index in [4.69, 9.17) is 23.7 Å². The summed E-state index contributed by atoms with van der Waals surface area (Å²) in [6.07, 6.45) is 3.84. The number of epoxide rings is 2. The molecule has 1 aromatic rings. The van der Waals surface area contributed by atoms with Gasteiger partial charge in [-0.25, -0.2) is 4.79 Å². The summed E-state index contributed by atoms with van der Waals surface area (Å²) in [5.74, 6) is -1.04. The van der Waals surface area contributed by atoms with Crippen LogP contribution in [-0.4, -0.2) is 92.7 Å². The van der Waals surface area contributed by atoms with Gasteiger partial charge in [0, 0.05) is 24.8 Å². The molecule has 3 N–H and O–H groups in total. The standard InChI is InChI=1S/C36H53N3O9/c1-22(2)9-14-28-35(7,48-28)31-30(44-8)26(15-17-36(31)21-46-36)47-33(43)37-18-16-24-10-12-25(13-11-24)39-32(42)23(3)38-29(41)20-45-19-27(40)34(4,5)6/h9-13,23,26,28,30-31H,14-21H2,1-8H3,(H,37,43)(H,38,41)(H,39,42)/t23-,26+,28+,30+,31+,35-,36-/m0/s1. The quantitative estimate of drug-likeness (QED) is 0.184. The van der Waals surface area contributed by atoms with Crippen LogP contribution in [0.25, 0.3) is 0 Å². The number of benzene rings is 1. The zero-order chi connectivity index (χ0) is 35.3. The van der Waals surface area contributed by atoms with Crippen LogP contribution < -0.4 is 16.0 Å². The normalized spacial score (nSPS) is 28.2. The van der Waals surface area contributed by atoms with Crippen LogP contribution in [0.15, 0.2) is 35.9 Å².